The van der Waals surface area contributed by atoms with Crippen molar-refractivity contribution in [3.63, 3.8) is 0 Å². The van der Waals surface area contributed by atoms with Gasteiger partial charge in [-0.2, -0.15) is 0 Å². The molecule has 0 aliphatic carbocycles. The Bertz CT molecular complexity index is 1150. The number of nitrogens with zero attached hydrogens (tertiary/aromatic N) is 3. The zero-order valence-corrected chi connectivity index (χ0v) is 17.8. The molecule has 0 bridgehead atoms. The van der Waals surface area contributed by atoms with Crippen molar-refractivity contribution in [2.45, 2.75) is 13.5 Å². The van der Waals surface area contributed by atoms with Crippen LogP contribution in [0.5, 0.6) is 11.5 Å². The highest BCUT2D eigenvalue weighted by atomic mass is 32.1. The topological polar surface area (TPSA) is 48.6 Å². The van der Waals surface area contributed by atoms with Gasteiger partial charge in [-0.05, 0) is 72.6 Å². The van der Waals surface area contributed by atoms with Crippen molar-refractivity contribution in [1.29, 1.82) is 0 Å². The lowest BCUT2D eigenvalue weighted by Gasteiger charge is -2.10. The predicted molar refractivity (Wildman–Crippen MR) is 120 cm³/mol. The molecule has 152 valence electrons. The standard InChI is InChI=1S/C24H23N3O2S/c1-3-29-22-12-8-20(9-13-22)26-24-27(16-18-5-4-14-25-15-18)23(17-30-24)19-6-10-21(28-2)11-7-19/h4-15,17H,3,16H2,1-2H3. The van der Waals surface area contributed by atoms with E-state index < -0.39 is 0 Å². The van der Waals surface area contributed by atoms with Crippen LogP contribution in [0.4, 0.5) is 5.69 Å². The second-order valence-electron chi connectivity index (χ2n) is 6.62. The number of rotatable bonds is 7. The average molecular weight is 418 g/mol. The predicted octanol–water partition coefficient (Wildman–Crippen LogP) is 5.30. The van der Waals surface area contributed by atoms with Crippen LogP contribution in [0.2, 0.25) is 0 Å². The third kappa shape index (κ3) is 4.60. The molecular formula is C24H23N3O2S. The molecule has 5 nitrogen and oxygen atoms in total. The number of pyridine rings is 1. The Kier molecular flexibility index (Phi) is 6.25. The maximum atomic E-state index is 5.53. The summed E-state index contributed by atoms with van der Waals surface area (Å²) < 4.78 is 13.1. The van der Waals surface area contributed by atoms with E-state index in [0.717, 1.165) is 38.8 Å². The Hall–Kier alpha value is -3.38. The molecule has 0 unspecified atom stereocenters. The number of methoxy groups -OCH3 is 1. The van der Waals surface area contributed by atoms with Crippen LogP contribution in [0.25, 0.3) is 11.3 Å². The summed E-state index contributed by atoms with van der Waals surface area (Å²) >= 11 is 1.62. The lowest BCUT2D eigenvalue weighted by Crippen LogP contribution is -2.16. The largest absolute Gasteiger partial charge is 0.497 e. The van der Waals surface area contributed by atoms with Crippen LogP contribution in [-0.4, -0.2) is 23.3 Å². The van der Waals surface area contributed by atoms with Gasteiger partial charge in [-0.3, -0.25) is 4.98 Å². The summed E-state index contributed by atoms with van der Waals surface area (Å²) in [5.74, 6) is 1.69. The molecule has 2 aromatic heterocycles. The van der Waals surface area contributed by atoms with Crippen LogP contribution in [0.1, 0.15) is 12.5 Å². The van der Waals surface area contributed by atoms with Gasteiger partial charge in [0, 0.05) is 17.8 Å². The van der Waals surface area contributed by atoms with E-state index >= 15 is 0 Å². The lowest BCUT2D eigenvalue weighted by atomic mass is 10.1. The van der Waals surface area contributed by atoms with Crippen molar-refractivity contribution < 1.29 is 9.47 Å². The zero-order chi connectivity index (χ0) is 20.8. The van der Waals surface area contributed by atoms with Gasteiger partial charge in [0.05, 0.1) is 31.6 Å². The number of hydrogen-bond donors (Lipinski definition) is 0. The molecule has 0 aliphatic rings. The fraction of sp³-hybridized carbons (Fsp3) is 0.167. The number of aromatic nitrogens is 2. The van der Waals surface area contributed by atoms with Gasteiger partial charge in [-0.25, -0.2) is 4.99 Å². The van der Waals surface area contributed by atoms with Crippen molar-refractivity contribution in [2.24, 2.45) is 4.99 Å². The van der Waals surface area contributed by atoms with Gasteiger partial charge >= 0.3 is 0 Å². The normalized spacial score (nSPS) is 11.5. The molecule has 0 saturated carbocycles. The van der Waals surface area contributed by atoms with Crippen molar-refractivity contribution in [1.82, 2.24) is 9.55 Å². The molecule has 0 spiro atoms. The minimum absolute atomic E-state index is 0.651. The molecule has 0 N–H and O–H groups in total. The molecule has 4 aromatic rings. The van der Waals surface area contributed by atoms with Crippen LogP contribution < -0.4 is 14.3 Å². The highest BCUT2D eigenvalue weighted by Crippen LogP contribution is 2.24. The number of ether oxygens (including phenoxy) is 2. The molecule has 2 heterocycles. The first kappa shape index (κ1) is 19.9. The summed E-state index contributed by atoms with van der Waals surface area (Å²) in [6.07, 6.45) is 3.68. The van der Waals surface area contributed by atoms with E-state index in [-0.39, 0.29) is 0 Å². The SMILES string of the molecule is CCOc1ccc(N=c2scc(-c3ccc(OC)cc3)n2Cc2cccnc2)cc1. The maximum Gasteiger partial charge on any atom is 0.190 e. The molecule has 0 aliphatic heterocycles. The highest BCUT2D eigenvalue weighted by molar-refractivity contribution is 7.07. The monoisotopic (exact) mass is 417 g/mol. The molecule has 0 amide bonds. The second kappa shape index (κ2) is 9.41. The van der Waals surface area contributed by atoms with Gasteiger partial charge < -0.3 is 14.0 Å². The van der Waals surface area contributed by atoms with Crippen molar-refractivity contribution in [3.05, 3.63) is 88.8 Å². The Labute approximate surface area is 179 Å². The summed E-state index contributed by atoms with van der Waals surface area (Å²) in [5, 5.41) is 2.14. The van der Waals surface area contributed by atoms with Crippen LogP contribution in [0.15, 0.2) is 83.4 Å². The van der Waals surface area contributed by atoms with E-state index in [4.69, 9.17) is 14.5 Å². The van der Waals surface area contributed by atoms with E-state index in [9.17, 15) is 0 Å². The van der Waals surface area contributed by atoms with Crippen molar-refractivity contribution in [3.8, 4) is 22.8 Å². The lowest BCUT2D eigenvalue weighted by molar-refractivity contribution is 0.340. The van der Waals surface area contributed by atoms with Gasteiger partial charge in [0.25, 0.3) is 0 Å². The van der Waals surface area contributed by atoms with E-state index in [1.165, 1.54) is 0 Å². The Morgan fingerprint density at radius 1 is 1.00 bits per heavy atom. The summed E-state index contributed by atoms with van der Waals surface area (Å²) in [5.41, 5.74) is 4.24. The molecule has 0 saturated heterocycles. The molecule has 0 radical (unpaired) electrons. The maximum absolute atomic E-state index is 5.53. The van der Waals surface area contributed by atoms with Gasteiger partial charge in [0.2, 0.25) is 0 Å². The number of hydrogen-bond acceptors (Lipinski definition) is 5. The Morgan fingerprint density at radius 2 is 1.77 bits per heavy atom. The minimum Gasteiger partial charge on any atom is -0.497 e. The molecule has 4 rings (SSSR count). The first-order valence-electron chi connectivity index (χ1n) is 9.76. The van der Waals surface area contributed by atoms with Gasteiger partial charge in [-0.1, -0.05) is 6.07 Å². The molecule has 6 heteroatoms. The third-order valence-corrected chi connectivity index (χ3v) is 5.48. The quantitative estimate of drug-likeness (QED) is 0.410. The fourth-order valence-corrected chi connectivity index (χ4v) is 4.06. The molecule has 30 heavy (non-hydrogen) atoms. The summed E-state index contributed by atoms with van der Waals surface area (Å²) in [6, 6.07) is 20.0. The average Bonchev–Trinajstić information content (AvgIpc) is 3.18. The minimum atomic E-state index is 0.651. The number of benzene rings is 2. The molecule has 2 aromatic carbocycles. The first-order chi connectivity index (χ1) is 14.8. The highest BCUT2D eigenvalue weighted by Gasteiger charge is 2.10. The van der Waals surface area contributed by atoms with E-state index in [1.807, 2.05) is 55.6 Å². The smallest absolute Gasteiger partial charge is 0.190 e. The van der Waals surface area contributed by atoms with Gasteiger partial charge in [0.1, 0.15) is 11.5 Å². The van der Waals surface area contributed by atoms with E-state index in [1.54, 1.807) is 24.6 Å². The fourth-order valence-electron chi connectivity index (χ4n) is 3.13. The zero-order valence-electron chi connectivity index (χ0n) is 17.0. The van der Waals surface area contributed by atoms with Gasteiger partial charge in [0.15, 0.2) is 4.80 Å². The van der Waals surface area contributed by atoms with E-state index in [2.05, 4.69) is 33.1 Å². The van der Waals surface area contributed by atoms with Crippen molar-refractivity contribution >= 4 is 17.0 Å². The second-order valence-corrected chi connectivity index (χ2v) is 7.45. The summed E-state index contributed by atoms with van der Waals surface area (Å²) in [7, 11) is 1.68. The summed E-state index contributed by atoms with van der Waals surface area (Å²) in [6.45, 7) is 3.32. The van der Waals surface area contributed by atoms with Crippen LogP contribution in [0, 0.1) is 0 Å². The van der Waals surface area contributed by atoms with Crippen LogP contribution in [-0.2, 0) is 6.54 Å². The van der Waals surface area contributed by atoms with Crippen LogP contribution in [0.3, 0.4) is 0 Å². The van der Waals surface area contributed by atoms with Crippen molar-refractivity contribution in [2.75, 3.05) is 13.7 Å². The molecule has 0 atom stereocenters. The Balaban J connectivity index is 1.76. The summed E-state index contributed by atoms with van der Waals surface area (Å²) in [4.78, 5) is 10.1. The first-order valence-corrected chi connectivity index (χ1v) is 10.6. The van der Waals surface area contributed by atoms with Crippen LogP contribution >= 0.6 is 11.3 Å². The third-order valence-electron chi connectivity index (χ3n) is 4.62. The Morgan fingerprint density at radius 3 is 2.43 bits per heavy atom. The molecule has 0 fully saturated rings. The molecular weight excluding hydrogens is 394 g/mol. The number of thiazole rings is 1. The van der Waals surface area contributed by atoms with Gasteiger partial charge in [-0.15, -0.1) is 11.3 Å². The van der Waals surface area contributed by atoms with E-state index in [0.29, 0.717) is 13.2 Å².